The van der Waals surface area contributed by atoms with Crippen LogP contribution in [-0.4, -0.2) is 11.1 Å². The fourth-order valence-electron chi connectivity index (χ4n) is 0.817. The molecule has 0 aliphatic carbocycles. The number of thiophene rings is 1. The van der Waals surface area contributed by atoms with Crippen LogP contribution in [0.2, 0.25) is 5.02 Å². The van der Waals surface area contributed by atoms with Crippen molar-refractivity contribution in [3.63, 3.8) is 0 Å². The average Bonchev–Trinajstić information content (AvgIpc) is 2.30. The van der Waals surface area contributed by atoms with E-state index in [4.69, 9.17) is 16.7 Å². The molecule has 0 bridgehead atoms. The number of carboxylic acid groups (broad SMARTS) is 1. The van der Waals surface area contributed by atoms with E-state index in [1.165, 1.54) is 11.3 Å². The summed E-state index contributed by atoms with van der Waals surface area (Å²) in [6, 6.07) is 1.72. The van der Waals surface area contributed by atoms with Crippen LogP contribution in [0.15, 0.2) is 6.07 Å². The highest BCUT2D eigenvalue weighted by Crippen LogP contribution is 2.31. The van der Waals surface area contributed by atoms with Gasteiger partial charge in [-0.1, -0.05) is 11.6 Å². The van der Waals surface area contributed by atoms with Crippen molar-refractivity contribution in [3.05, 3.63) is 20.8 Å². The molecule has 0 aliphatic rings. The van der Waals surface area contributed by atoms with E-state index in [0.717, 1.165) is 9.75 Å². The highest BCUT2D eigenvalue weighted by atomic mass is 35.5. The molecule has 0 aliphatic heterocycles. The summed E-state index contributed by atoms with van der Waals surface area (Å²) in [5.74, 6) is -1.27. The molecule has 1 aromatic heterocycles. The first-order chi connectivity index (χ1) is 5.52. The van der Waals surface area contributed by atoms with Gasteiger partial charge in [0.05, 0.1) is 10.9 Å². The number of carboxylic acids is 1. The Kier molecular flexibility index (Phi) is 2.75. The second-order valence-corrected chi connectivity index (χ2v) is 4.31. The van der Waals surface area contributed by atoms with Gasteiger partial charge in [-0.3, -0.25) is 4.79 Å². The van der Waals surface area contributed by atoms with Gasteiger partial charge < -0.3 is 5.11 Å². The Morgan fingerprint density at radius 1 is 1.75 bits per heavy atom. The Labute approximate surface area is 79.8 Å². The molecule has 0 amide bonds. The van der Waals surface area contributed by atoms with E-state index in [2.05, 4.69) is 0 Å². The summed E-state index contributed by atoms with van der Waals surface area (Å²) in [6.07, 6.45) is 0. The number of halogens is 1. The molecular weight excluding hydrogens is 196 g/mol. The van der Waals surface area contributed by atoms with Gasteiger partial charge in [-0.15, -0.1) is 11.3 Å². The molecule has 1 rings (SSSR count). The zero-order valence-corrected chi connectivity index (χ0v) is 8.37. The lowest BCUT2D eigenvalue weighted by molar-refractivity contribution is -0.138. The van der Waals surface area contributed by atoms with E-state index in [9.17, 15) is 4.79 Å². The summed E-state index contributed by atoms with van der Waals surface area (Å²) >= 11 is 7.23. The van der Waals surface area contributed by atoms with Gasteiger partial charge in [-0.2, -0.15) is 0 Å². The van der Waals surface area contributed by atoms with Crippen molar-refractivity contribution >= 4 is 28.9 Å². The molecule has 1 aromatic rings. The van der Waals surface area contributed by atoms with Crippen molar-refractivity contribution in [1.29, 1.82) is 0 Å². The van der Waals surface area contributed by atoms with Crippen LogP contribution >= 0.6 is 22.9 Å². The monoisotopic (exact) mass is 204 g/mol. The van der Waals surface area contributed by atoms with Crippen molar-refractivity contribution in [2.45, 2.75) is 19.8 Å². The lowest BCUT2D eigenvalue weighted by Crippen LogP contribution is -2.05. The zero-order valence-electron chi connectivity index (χ0n) is 6.80. The molecular formula is C8H9ClO2S. The minimum Gasteiger partial charge on any atom is -0.481 e. The number of rotatable bonds is 2. The SMILES string of the molecule is Cc1sc(C(C)C(=O)O)cc1Cl. The smallest absolute Gasteiger partial charge is 0.311 e. The van der Waals surface area contributed by atoms with Crippen LogP contribution in [0.25, 0.3) is 0 Å². The Morgan fingerprint density at radius 2 is 2.33 bits per heavy atom. The summed E-state index contributed by atoms with van der Waals surface area (Å²) in [6.45, 7) is 3.54. The van der Waals surface area contributed by atoms with E-state index >= 15 is 0 Å². The van der Waals surface area contributed by atoms with Crippen molar-refractivity contribution in [2.75, 3.05) is 0 Å². The first kappa shape index (κ1) is 9.55. The van der Waals surface area contributed by atoms with Crippen molar-refractivity contribution in [1.82, 2.24) is 0 Å². The van der Waals surface area contributed by atoms with Gasteiger partial charge in [0.1, 0.15) is 0 Å². The quantitative estimate of drug-likeness (QED) is 0.805. The Bertz CT molecular complexity index is 287. The third-order valence-electron chi connectivity index (χ3n) is 1.67. The van der Waals surface area contributed by atoms with Crippen LogP contribution in [0, 0.1) is 6.92 Å². The molecule has 2 nitrogen and oxygen atoms in total. The number of hydrogen-bond donors (Lipinski definition) is 1. The molecule has 4 heteroatoms. The molecule has 1 unspecified atom stereocenters. The third-order valence-corrected chi connectivity index (χ3v) is 3.41. The molecule has 1 N–H and O–H groups in total. The summed E-state index contributed by atoms with van der Waals surface area (Å²) in [5.41, 5.74) is 0. The maximum Gasteiger partial charge on any atom is 0.311 e. The van der Waals surface area contributed by atoms with Crippen molar-refractivity contribution in [3.8, 4) is 0 Å². The largest absolute Gasteiger partial charge is 0.481 e. The number of aryl methyl sites for hydroxylation is 1. The van der Waals surface area contributed by atoms with Crippen LogP contribution in [0.3, 0.4) is 0 Å². The normalized spacial score (nSPS) is 12.9. The van der Waals surface area contributed by atoms with Gasteiger partial charge in [0, 0.05) is 9.75 Å². The van der Waals surface area contributed by atoms with Crippen molar-refractivity contribution < 1.29 is 9.90 Å². The zero-order chi connectivity index (χ0) is 9.30. The minimum absolute atomic E-state index is 0.457. The fraction of sp³-hybridized carbons (Fsp3) is 0.375. The van der Waals surface area contributed by atoms with Crippen LogP contribution in [-0.2, 0) is 4.79 Å². The maximum atomic E-state index is 10.6. The molecule has 0 radical (unpaired) electrons. The highest BCUT2D eigenvalue weighted by molar-refractivity contribution is 7.12. The predicted octanol–water partition coefficient (Wildman–Crippen LogP) is 2.90. The standard InChI is InChI=1S/C8H9ClO2S/c1-4(8(10)11)7-3-6(9)5(2)12-7/h3-4H,1-2H3,(H,10,11). The van der Waals surface area contributed by atoms with E-state index < -0.39 is 11.9 Å². The average molecular weight is 205 g/mol. The van der Waals surface area contributed by atoms with E-state index in [1.807, 2.05) is 6.92 Å². The number of aliphatic carboxylic acids is 1. The number of hydrogen-bond acceptors (Lipinski definition) is 2. The molecule has 1 atom stereocenters. The second kappa shape index (κ2) is 3.46. The number of carbonyl (C=O) groups is 1. The second-order valence-electron chi connectivity index (χ2n) is 2.61. The van der Waals surface area contributed by atoms with E-state index in [0.29, 0.717) is 5.02 Å². The maximum absolute atomic E-state index is 10.6. The lowest BCUT2D eigenvalue weighted by Gasteiger charge is -2.00. The summed E-state index contributed by atoms with van der Waals surface area (Å²) in [7, 11) is 0. The van der Waals surface area contributed by atoms with Crippen LogP contribution in [0.1, 0.15) is 22.6 Å². The molecule has 0 spiro atoms. The van der Waals surface area contributed by atoms with Crippen LogP contribution in [0.4, 0.5) is 0 Å². The van der Waals surface area contributed by atoms with Crippen LogP contribution < -0.4 is 0 Å². The summed E-state index contributed by atoms with van der Waals surface area (Å²) in [5, 5.41) is 9.35. The Morgan fingerprint density at radius 3 is 2.67 bits per heavy atom. The molecule has 0 fully saturated rings. The first-order valence-electron chi connectivity index (χ1n) is 3.51. The van der Waals surface area contributed by atoms with E-state index in [1.54, 1.807) is 13.0 Å². The Hall–Kier alpha value is -0.540. The van der Waals surface area contributed by atoms with Gasteiger partial charge in [-0.05, 0) is 19.9 Å². The topological polar surface area (TPSA) is 37.3 Å². The van der Waals surface area contributed by atoms with Gasteiger partial charge in [0.2, 0.25) is 0 Å². The molecule has 1 heterocycles. The minimum atomic E-state index is -0.812. The van der Waals surface area contributed by atoms with Gasteiger partial charge in [0.25, 0.3) is 0 Å². The lowest BCUT2D eigenvalue weighted by atomic mass is 10.1. The van der Waals surface area contributed by atoms with Crippen LogP contribution in [0.5, 0.6) is 0 Å². The van der Waals surface area contributed by atoms with E-state index in [-0.39, 0.29) is 0 Å². The third kappa shape index (κ3) is 1.79. The van der Waals surface area contributed by atoms with Crippen molar-refractivity contribution in [2.24, 2.45) is 0 Å². The van der Waals surface area contributed by atoms with Gasteiger partial charge >= 0.3 is 5.97 Å². The Balaban J connectivity index is 2.96. The fourth-order valence-corrected chi connectivity index (χ4v) is 2.08. The molecule has 12 heavy (non-hydrogen) atoms. The molecule has 0 saturated carbocycles. The van der Waals surface area contributed by atoms with Gasteiger partial charge in [0.15, 0.2) is 0 Å². The highest BCUT2D eigenvalue weighted by Gasteiger charge is 2.16. The molecule has 0 saturated heterocycles. The molecule has 66 valence electrons. The molecule has 0 aromatic carbocycles. The summed E-state index contributed by atoms with van der Waals surface area (Å²) in [4.78, 5) is 12.4. The first-order valence-corrected chi connectivity index (χ1v) is 4.70. The van der Waals surface area contributed by atoms with Gasteiger partial charge in [-0.25, -0.2) is 0 Å². The predicted molar refractivity (Wildman–Crippen MR) is 50.1 cm³/mol. The summed E-state index contributed by atoms with van der Waals surface area (Å²) < 4.78 is 0.